The minimum atomic E-state index is 0.716. The molecular formula is C17H21N3S. The molecule has 1 aromatic heterocycles. The van der Waals surface area contributed by atoms with E-state index in [1.54, 1.807) is 11.3 Å². The quantitative estimate of drug-likeness (QED) is 0.946. The summed E-state index contributed by atoms with van der Waals surface area (Å²) in [4.78, 5) is 8.30. The number of hydrogen-bond donors (Lipinski definition) is 1. The summed E-state index contributed by atoms with van der Waals surface area (Å²) in [6, 6.07) is 8.49. The third-order valence-corrected chi connectivity index (χ3v) is 4.95. The van der Waals surface area contributed by atoms with Crippen LogP contribution in [0.15, 0.2) is 30.3 Å². The summed E-state index contributed by atoms with van der Waals surface area (Å²) < 4.78 is 0. The Morgan fingerprint density at radius 2 is 2.10 bits per heavy atom. The van der Waals surface area contributed by atoms with Crippen LogP contribution in [0.2, 0.25) is 0 Å². The molecule has 0 fully saturated rings. The molecule has 0 amide bonds. The number of nitrogens with two attached hydrogens (primary N) is 1. The van der Waals surface area contributed by atoms with Crippen LogP contribution in [0.4, 0.5) is 5.13 Å². The van der Waals surface area contributed by atoms with Crippen LogP contribution >= 0.6 is 11.3 Å². The predicted octanol–water partition coefficient (Wildman–Crippen LogP) is 3.15. The first kappa shape index (κ1) is 14.3. The lowest BCUT2D eigenvalue weighted by molar-refractivity contribution is 0.318. The number of nitrogen functional groups attached to an aromatic ring is 1. The Balaban J connectivity index is 1.58. The van der Waals surface area contributed by atoms with Gasteiger partial charge in [0, 0.05) is 30.9 Å². The number of hydrogen-bond acceptors (Lipinski definition) is 4. The molecule has 0 unspecified atom stereocenters. The van der Waals surface area contributed by atoms with E-state index in [2.05, 4.69) is 53.2 Å². The van der Waals surface area contributed by atoms with Crippen molar-refractivity contribution >= 4 is 22.5 Å². The van der Waals surface area contributed by atoms with Crippen molar-refractivity contribution in [3.63, 3.8) is 0 Å². The lowest BCUT2D eigenvalue weighted by atomic mass is 10.1. The lowest BCUT2D eigenvalue weighted by Crippen LogP contribution is -2.26. The zero-order valence-electron chi connectivity index (χ0n) is 12.4. The Kier molecular flexibility index (Phi) is 4.36. The molecule has 0 aliphatic carbocycles. The molecule has 2 N–H and O–H groups in total. The van der Waals surface area contributed by atoms with E-state index in [1.165, 1.54) is 21.7 Å². The van der Waals surface area contributed by atoms with Crippen LogP contribution in [-0.2, 0) is 12.8 Å². The molecular weight excluding hydrogens is 278 g/mol. The second-order valence-corrected chi connectivity index (χ2v) is 6.60. The number of nitrogens with zero attached hydrogens (tertiary/aromatic N) is 2. The van der Waals surface area contributed by atoms with Crippen molar-refractivity contribution in [2.75, 3.05) is 25.4 Å². The predicted molar refractivity (Wildman–Crippen MR) is 90.6 cm³/mol. The van der Waals surface area contributed by atoms with Gasteiger partial charge in [0.25, 0.3) is 0 Å². The van der Waals surface area contributed by atoms with E-state index in [4.69, 9.17) is 5.73 Å². The third-order valence-electron chi connectivity index (χ3n) is 3.96. The molecule has 0 saturated carbocycles. The molecule has 1 aromatic carbocycles. The zero-order chi connectivity index (χ0) is 14.7. The normalized spacial score (nSPS) is 16.0. The fourth-order valence-electron chi connectivity index (χ4n) is 2.71. The second kappa shape index (κ2) is 6.41. The van der Waals surface area contributed by atoms with E-state index in [1.807, 2.05) is 0 Å². The molecule has 4 heteroatoms. The number of benzene rings is 1. The molecule has 1 aliphatic rings. The van der Waals surface area contributed by atoms with E-state index in [0.29, 0.717) is 5.13 Å². The summed E-state index contributed by atoms with van der Waals surface area (Å²) in [6.07, 6.45) is 6.58. The Labute approximate surface area is 130 Å². The zero-order valence-corrected chi connectivity index (χ0v) is 13.2. The standard InChI is InChI=1S/C17H21N3S/c1-13-5-2-3-6-14(13)7-4-10-20-11-8-15-16(9-12-20)21-17(18)19-15/h2-7H,8-12H2,1H3,(H2,18,19). The van der Waals surface area contributed by atoms with Gasteiger partial charge in [0.15, 0.2) is 5.13 Å². The van der Waals surface area contributed by atoms with Crippen LogP contribution in [-0.4, -0.2) is 29.5 Å². The van der Waals surface area contributed by atoms with Crippen LogP contribution in [0.5, 0.6) is 0 Å². The SMILES string of the molecule is Cc1ccccc1C=CCN1CCc2nc(N)sc2CC1. The van der Waals surface area contributed by atoms with Crippen molar-refractivity contribution in [1.29, 1.82) is 0 Å². The summed E-state index contributed by atoms with van der Waals surface area (Å²) in [5, 5.41) is 0.716. The largest absolute Gasteiger partial charge is 0.375 e. The number of anilines is 1. The first-order chi connectivity index (χ1) is 10.2. The van der Waals surface area contributed by atoms with Gasteiger partial charge in [-0.25, -0.2) is 4.98 Å². The van der Waals surface area contributed by atoms with Crippen molar-refractivity contribution in [2.45, 2.75) is 19.8 Å². The highest BCUT2D eigenvalue weighted by molar-refractivity contribution is 7.15. The van der Waals surface area contributed by atoms with E-state index in [9.17, 15) is 0 Å². The van der Waals surface area contributed by atoms with Gasteiger partial charge in [0.05, 0.1) is 5.69 Å². The number of fused-ring (bicyclic) bond motifs is 1. The van der Waals surface area contributed by atoms with Crippen molar-refractivity contribution in [3.8, 4) is 0 Å². The highest BCUT2D eigenvalue weighted by Crippen LogP contribution is 2.24. The average molecular weight is 299 g/mol. The maximum Gasteiger partial charge on any atom is 0.180 e. The summed E-state index contributed by atoms with van der Waals surface area (Å²) in [5.41, 5.74) is 9.63. The van der Waals surface area contributed by atoms with E-state index in [-0.39, 0.29) is 0 Å². The Bertz CT molecular complexity index is 620. The molecule has 21 heavy (non-hydrogen) atoms. The minimum absolute atomic E-state index is 0.716. The second-order valence-electron chi connectivity index (χ2n) is 5.48. The molecule has 2 aromatic rings. The molecule has 0 radical (unpaired) electrons. The fraction of sp³-hybridized carbons (Fsp3) is 0.353. The molecule has 1 aliphatic heterocycles. The molecule has 0 atom stereocenters. The third kappa shape index (κ3) is 3.52. The van der Waals surface area contributed by atoms with Gasteiger partial charge in [-0.1, -0.05) is 36.4 Å². The van der Waals surface area contributed by atoms with Gasteiger partial charge in [0.2, 0.25) is 0 Å². The molecule has 0 bridgehead atoms. The molecule has 2 heterocycles. The number of rotatable bonds is 3. The molecule has 3 rings (SSSR count). The Morgan fingerprint density at radius 3 is 2.95 bits per heavy atom. The monoisotopic (exact) mass is 299 g/mol. The summed E-state index contributed by atoms with van der Waals surface area (Å²) in [7, 11) is 0. The van der Waals surface area contributed by atoms with Crippen molar-refractivity contribution in [3.05, 3.63) is 52.0 Å². The number of aryl methyl sites for hydroxylation is 1. The van der Waals surface area contributed by atoms with Crippen LogP contribution in [0.1, 0.15) is 21.7 Å². The first-order valence-corrected chi connectivity index (χ1v) is 8.22. The lowest BCUT2D eigenvalue weighted by Gasteiger charge is -2.17. The smallest absolute Gasteiger partial charge is 0.180 e. The van der Waals surface area contributed by atoms with Gasteiger partial charge in [-0.2, -0.15) is 0 Å². The fourth-order valence-corrected chi connectivity index (χ4v) is 3.58. The summed E-state index contributed by atoms with van der Waals surface area (Å²) >= 11 is 1.65. The summed E-state index contributed by atoms with van der Waals surface area (Å²) in [5.74, 6) is 0. The topological polar surface area (TPSA) is 42.2 Å². The number of thiazole rings is 1. The molecule has 110 valence electrons. The highest BCUT2D eigenvalue weighted by Gasteiger charge is 2.16. The van der Waals surface area contributed by atoms with Crippen LogP contribution in [0.25, 0.3) is 6.08 Å². The molecule has 0 spiro atoms. The minimum Gasteiger partial charge on any atom is -0.375 e. The average Bonchev–Trinajstić information content (AvgIpc) is 2.73. The maximum atomic E-state index is 5.79. The van der Waals surface area contributed by atoms with Crippen molar-refractivity contribution in [1.82, 2.24) is 9.88 Å². The van der Waals surface area contributed by atoms with Crippen LogP contribution in [0, 0.1) is 6.92 Å². The van der Waals surface area contributed by atoms with Gasteiger partial charge < -0.3 is 5.73 Å². The van der Waals surface area contributed by atoms with Crippen molar-refractivity contribution < 1.29 is 0 Å². The maximum absolute atomic E-state index is 5.79. The van der Waals surface area contributed by atoms with Gasteiger partial charge in [-0.05, 0) is 24.5 Å². The first-order valence-electron chi connectivity index (χ1n) is 7.41. The van der Waals surface area contributed by atoms with Crippen molar-refractivity contribution in [2.24, 2.45) is 0 Å². The van der Waals surface area contributed by atoms with E-state index >= 15 is 0 Å². The van der Waals surface area contributed by atoms with Crippen LogP contribution < -0.4 is 5.73 Å². The van der Waals surface area contributed by atoms with Crippen LogP contribution in [0.3, 0.4) is 0 Å². The highest BCUT2D eigenvalue weighted by atomic mass is 32.1. The summed E-state index contributed by atoms with van der Waals surface area (Å²) in [6.45, 7) is 5.31. The molecule has 0 saturated heterocycles. The van der Waals surface area contributed by atoms with Gasteiger partial charge >= 0.3 is 0 Å². The van der Waals surface area contributed by atoms with Gasteiger partial charge in [-0.3, -0.25) is 4.90 Å². The Hall–Kier alpha value is -1.65. The molecule has 3 nitrogen and oxygen atoms in total. The van der Waals surface area contributed by atoms with Gasteiger partial charge in [-0.15, -0.1) is 11.3 Å². The Morgan fingerprint density at radius 1 is 1.29 bits per heavy atom. The van der Waals surface area contributed by atoms with E-state index < -0.39 is 0 Å². The van der Waals surface area contributed by atoms with Gasteiger partial charge in [0.1, 0.15) is 0 Å². The van der Waals surface area contributed by atoms with E-state index in [0.717, 1.165) is 32.5 Å². The number of aromatic nitrogens is 1.